The molecule has 0 aromatic carbocycles. The van der Waals surface area contributed by atoms with Gasteiger partial charge in [0.1, 0.15) is 6.10 Å². The average Bonchev–Trinajstić information content (AvgIpc) is 3.22. The Bertz CT molecular complexity index is 1110. The van der Waals surface area contributed by atoms with Crippen LogP contribution in [0, 0.1) is 46.8 Å². The Morgan fingerprint density at radius 2 is 1.88 bits per heavy atom. The summed E-state index contributed by atoms with van der Waals surface area (Å²) in [5.41, 5.74) is -0.670. The lowest BCUT2D eigenvalue weighted by Gasteiger charge is -2.51. The second-order valence-electron chi connectivity index (χ2n) is 14.7. The summed E-state index contributed by atoms with van der Waals surface area (Å²) in [6, 6.07) is 0. The van der Waals surface area contributed by atoms with E-state index in [-0.39, 0.29) is 59.3 Å². The highest BCUT2D eigenvalue weighted by Crippen LogP contribution is 2.63. The van der Waals surface area contributed by atoms with Gasteiger partial charge in [-0.15, -0.1) is 0 Å². The summed E-state index contributed by atoms with van der Waals surface area (Å²) >= 11 is 0. The van der Waals surface area contributed by atoms with Crippen molar-refractivity contribution < 1.29 is 29.6 Å². The zero-order valence-electron chi connectivity index (χ0n) is 25.9. The molecule has 2 fully saturated rings. The van der Waals surface area contributed by atoms with Crippen molar-refractivity contribution in [1.29, 1.82) is 0 Å². The van der Waals surface area contributed by atoms with Crippen LogP contribution in [0.15, 0.2) is 35.1 Å². The largest absolute Gasteiger partial charge is 0.504 e. The molecule has 0 aromatic heterocycles. The molecule has 2 saturated carbocycles. The topological polar surface area (TPSA) is 104 Å². The number of ether oxygens (including phenoxy) is 1. The van der Waals surface area contributed by atoms with Crippen molar-refractivity contribution in [3.63, 3.8) is 0 Å². The number of rotatable bonds is 7. The maximum atomic E-state index is 13.2. The Hall–Kier alpha value is -1.92. The molecule has 0 saturated heterocycles. The van der Waals surface area contributed by atoms with E-state index >= 15 is 0 Å². The van der Waals surface area contributed by atoms with Crippen molar-refractivity contribution in [3.8, 4) is 0 Å². The van der Waals surface area contributed by atoms with Gasteiger partial charge in [0.2, 0.25) is 5.78 Å². The summed E-state index contributed by atoms with van der Waals surface area (Å²) in [4.78, 5) is 26.4. The lowest BCUT2D eigenvalue weighted by Crippen LogP contribution is -2.50. The van der Waals surface area contributed by atoms with E-state index in [9.17, 15) is 24.9 Å². The molecule has 6 nitrogen and oxygen atoms in total. The van der Waals surface area contributed by atoms with Crippen LogP contribution in [0.25, 0.3) is 0 Å². The highest BCUT2D eigenvalue weighted by atomic mass is 16.5. The quantitative estimate of drug-likeness (QED) is 0.245. The van der Waals surface area contributed by atoms with Gasteiger partial charge in [0.15, 0.2) is 11.4 Å². The van der Waals surface area contributed by atoms with E-state index in [1.54, 1.807) is 13.8 Å². The highest BCUT2D eigenvalue weighted by molar-refractivity contribution is 6.06. The summed E-state index contributed by atoms with van der Waals surface area (Å²) < 4.78 is 6.21. The van der Waals surface area contributed by atoms with Crippen LogP contribution in [0.2, 0.25) is 0 Å². The number of Topliss-reactive ketones (excluding diaryl/α,β-unsaturated/α-hetero) is 1. The predicted molar refractivity (Wildman–Crippen MR) is 156 cm³/mol. The molecule has 4 rings (SSSR count). The summed E-state index contributed by atoms with van der Waals surface area (Å²) in [6.07, 6.45) is 6.23. The molecule has 0 radical (unpaired) electrons. The average molecular weight is 557 g/mol. The van der Waals surface area contributed by atoms with Gasteiger partial charge in [-0.25, -0.2) is 0 Å². The van der Waals surface area contributed by atoms with Crippen molar-refractivity contribution in [2.75, 3.05) is 0 Å². The van der Waals surface area contributed by atoms with Crippen LogP contribution in [0.1, 0.15) is 100 Å². The van der Waals surface area contributed by atoms with E-state index in [4.69, 9.17) is 4.74 Å². The molecular formula is C34H52O6. The third kappa shape index (κ3) is 5.12. The van der Waals surface area contributed by atoms with Gasteiger partial charge in [-0.2, -0.15) is 0 Å². The molecule has 3 N–H and O–H groups in total. The van der Waals surface area contributed by atoms with Crippen LogP contribution >= 0.6 is 0 Å². The van der Waals surface area contributed by atoms with E-state index in [0.717, 1.165) is 25.7 Å². The van der Waals surface area contributed by atoms with Gasteiger partial charge in [0.25, 0.3) is 0 Å². The van der Waals surface area contributed by atoms with E-state index in [2.05, 4.69) is 54.2 Å². The van der Waals surface area contributed by atoms with Gasteiger partial charge in [0.05, 0.1) is 12.0 Å². The van der Waals surface area contributed by atoms with E-state index in [1.807, 2.05) is 0 Å². The monoisotopic (exact) mass is 556 g/mol. The number of allylic oxidation sites excluding steroid dienone is 2. The van der Waals surface area contributed by atoms with Crippen LogP contribution in [0.4, 0.5) is 0 Å². The number of carbonyl (C=O) groups excluding carboxylic acids is 2. The number of esters is 1. The summed E-state index contributed by atoms with van der Waals surface area (Å²) in [5, 5.41) is 33.3. The van der Waals surface area contributed by atoms with E-state index in [1.165, 1.54) is 5.57 Å². The van der Waals surface area contributed by atoms with Gasteiger partial charge in [-0.05, 0) is 99.0 Å². The molecule has 0 spiro atoms. The molecule has 4 aliphatic carbocycles. The molecule has 40 heavy (non-hydrogen) atoms. The van der Waals surface area contributed by atoms with Crippen LogP contribution in [-0.2, 0) is 14.3 Å². The van der Waals surface area contributed by atoms with Crippen LogP contribution in [0.3, 0.4) is 0 Å². The molecule has 224 valence electrons. The third-order valence-electron chi connectivity index (χ3n) is 11.4. The van der Waals surface area contributed by atoms with Gasteiger partial charge >= 0.3 is 5.97 Å². The Kier molecular flexibility index (Phi) is 8.32. The van der Waals surface area contributed by atoms with Crippen LogP contribution < -0.4 is 0 Å². The Labute approximate surface area is 241 Å². The summed E-state index contributed by atoms with van der Waals surface area (Å²) in [6.45, 7) is 20.8. The predicted octanol–water partition coefficient (Wildman–Crippen LogP) is 6.47. The smallest absolute Gasteiger partial charge is 0.308 e. The zero-order valence-corrected chi connectivity index (χ0v) is 25.9. The number of aliphatic hydroxyl groups excluding tert-OH is 1. The number of hydrogen-bond donors (Lipinski definition) is 3. The normalized spacial score (nSPS) is 40.0. The minimum absolute atomic E-state index is 0.0175. The number of aliphatic hydroxyl groups is 3. The molecule has 0 bridgehead atoms. The SMILES string of the molecule is C=C1C2CC3C(C(C)C)C(OC(=O)CC(C)(O)CC(C)CC)CC3(C)CC2C(C)=CCC2C(C)=C(O)C(=O)C12O. The third-order valence-corrected chi connectivity index (χ3v) is 11.4. The molecule has 0 aromatic rings. The molecule has 10 unspecified atom stereocenters. The number of hydrogen-bond acceptors (Lipinski definition) is 6. The first-order chi connectivity index (χ1) is 18.5. The lowest BCUT2D eigenvalue weighted by molar-refractivity contribution is -0.157. The molecule has 0 heterocycles. The van der Waals surface area contributed by atoms with E-state index < -0.39 is 22.9 Å². The van der Waals surface area contributed by atoms with Crippen molar-refractivity contribution in [2.45, 2.75) is 118 Å². The second-order valence-corrected chi connectivity index (χ2v) is 14.7. The Morgan fingerprint density at radius 1 is 1.23 bits per heavy atom. The van der Waals surface area contributed by atoms with Crippen molar-refractivity contribution >= 4 is 11.8 Å². The molecular weight excluding hydrogens is 504 g/mol. The van der Waals surface area contributed by atoms with Gasteiger partial charge in [-0.3, -0.25) is 9.59 Å². The molecule has 10 atom stereocenters. The Morgan fingerprint density at radius 3 is 2.48 bits per heavy atom. The first-order valence-electron chi connectivity index (χ1n) is 15.4. The molecule has 6 heteroatoms. The minimum atomic E-state index is -1.79. The fourth-order valence-electron chi connectivity index (χ4n) is 9.05. The first-order valence-corrected chi connectivity index (χ1v) is 15.4. The zero-order chi connectivity index (χ0) is 29.9. The number of carbonyl (C=O) groups is 2. The fourth-order valence-corrected chi connectivity index (χ4v) is 9.05. The fraction of sp³-hybridized carbons (Fsp3) is 0.765. The summed E-state index contributed by atoms with van der Waals surface area (Å²) in [7, 11) is 0. The van der Waals surface area contributed by atoms with Crippen LogP contribution in [0.5, 0.6) is 0 Å². The van der Waals surface area contributed by atoms with Gasteiger partial charge in [0, 0.05) is 11.8 Å². The Balaban J connectivity index is 1.61. The maximum Gasteiger partial charge on any atom is 0.308 e. The van der Waals surface area contributed by atoms with E-state index in [0.29, 0.717) is 29.9 Å². The first kappa shape index (κ1) is 31.0. The highest BCUT2D eigenvalue weighted by Gasteiger charge is 2.62. The summed E-state index contributed by atoms with van der Waals surface area (Å²) in [5.74, 6) is -0.864. The van der Waals surface area contributed by atoms with Gasteiger partial charge in [-0.1, -0.05) is 59.3 Å². The standard InChI is InChI=1S/C34H52O6/c1-10-19(4)14-33(9,38)17-28(35)40-27-16-32(8)15-24-20(5)11-12-25-21(6)30(36)31(37)34(25,39)22(7)23(24)13-26(32)29(27)18(2)3/h11,18-19,23-27,29,36,38-39H,7,10,12-17H2,1-6,8-9H3. The second kappa shape index (κ2) is 10.7. The molecule has 0 amide bonds. The van der Waals surface area contributed by atoms with Crippen LogP contribution in [-0.4, -0.2) is 44.4 Å². The van der Waals surface area contributed by atoms with Crippen molar-refractivity contribution in [1.82, 2.24) is 0 Å². The minimum Gasteiger partial charge on any atom is -0.504 e. The number of fused-ring (bicyclic) bond motifs is 3. The van der Waals surface area contributed by atoms with Crippen molar-refractivity contribution in [2.24, 2.45) is 46.8 Å². The molecule has 4 aliphatic rings. The van der Waals surface area contributed by atoms with Gasteiger partial charge < -0.3 is 20.1 Å². The maximum absolute atomic E-state index is 13.2. The number of ketones is 1. The lowest BCUT2D eigenvalue weighted by atomic mass is 9.54. The van der Waals surface area contributed by atoms with Crippen molar-refractivity contribution in [3.05, 3.63) is 35.1 Å². The molecule has 0 aliphatic heterocycles.